The van der Waals surface area contributed by atoms with Crippen molar-refractivity contribution in [2.45, 2.75) is 19.1 Å². The molecule has 0 aliphatic carbocycles. The van der Waals surface area contributed by atoms with E-state index in [9.17, 15) is 17.6 Å². The molecule has 0 atom stereocenters. The number of hydrogen-bond donors (Lipinski definition) is 1. The van der Waals surface area contributed by atoms with E-state index < -0.39 is 24.3 Å². The van der Waals surface area contributed by atoms with Gasteiger partial charge in [-0.25, -0.2) is 4.39 Å². The first-order chi connectivity index (χ1) is 10.4. The SMILES string of the molecule is OCCc1cn(CCOc2cccc(F)c2)nc1C(F)(F)F. The Bertz CT molecular complexity index is 626. The molecule has 0 saturated heterocycles. The van der Waals surface area contributed by atoms with Crippen molar-refractivity contribution in [2.24, 2.45) is 0 Å². The molecule has 2 aromatic rings. The van der Waals surface area contributed by atoms with Crippen molar-refractivity contribution in [3.8, 4) is 5.75 Å². The van der Waals surface area contributed by atoms with Gasteiger partial charge < -0.3 is 9.84 Å². The molecule has 0 aliphatic heterocycles. The van der Waals surface area contributed by atoms with E-state index in [1.165, 1.54) is 24.4 Å². The number of halogens is 4. The lowest BCUT2D eigenvalue weighted by Crippen LogP contribution is -2.12. The Kier molecular flexibility index (Phi) is 5.02. The van der Waals surface area contributed by atoms with E-state index in [-0.39, 0.29) is 25.1 Å². The van der Waals surface area contributed by atoms with Gasteiger partial charge in [-0.1, -0.05) is 6.07 Å². The number of hydrogen-bond acceptors (Lipinski definition) is 3. The van der Waals surface area contributed by atoms with E-state index in [4.69, 9.17) is 9.84 Å². The van der Waals surface area contributed by atoms with Crippen LogP contribution in [0.4, 0.5) is 17.6 Å². The molecule has 120 valence electrons. The molecule has 0 saturated carbocycles. The van der Waals surface area contributed by atoms with Crippen LogP contribution in [0.15, 0.2) is 30.5 Å². The van der Waals surface area contributed by atoms with Crippen molar-refractivity contribution in [3.63, 3.8) is 0 Å². The third kappa shape index (κ3) is 4.20. The fourth-order valence-corrected chi connectivity index (χ4v) is 1.93. The number of nitrogens with zero attached hydrogens (tertiary/aromatic N) is 2. The maximum absolute atomic E-state index is 12.9. The molecule has 1 N–H and O–H groups in total. The number of aromatic nitrogens is 2. The van der Waals surface area contributed by atoms with Gasteiger partial charge in [0.1, 0.15) is 18.2 Å². The van der Waals surface area contributed by atoms with Crippen molar-refractivity contribution in [1.82, 2.24) is 9.78 Å². The van der Waals surface area contributed by atoms with Gasteiger partial charge in [0.2, 0.25) is 0 Å². The highest BCUT2D eigenvalue weighted by Gasteiger charge is 2.36. The number of ether oxygens (including phenoxy) is 1. The molecule has 0 fully saturated rings. The molecule has 8 heteroatoms. The largest absolute Gasteiger partial charge is 0.492 e. The van der Waals surface area contributed by atoms with Gasteiger partial charge in [-0.05, 0) is 18.6 Å². The fourth-order valence-electron chi connectivity index (χ4n) is 1.93. The zero-order chi connectivity index (χ0) is 16.2. The maximum Gasteiger partial charge on any atom is 0.435 e. The minimum Gasteiger partial charge on any atom is -0.492 e. The molecule has 0 unspecified atom stereocenters. The van der Waals surface area contributed by atoms with Crippen LogP contribution < -0.4 is 4.74 Å². The van der Waals surface area contributed by atoms with Crippen LogP contribution in [0, 0.1) is 5.82 Å². The highest BCUT2D eigenvalue weighted by Crippen LogP contribution is 2.30. The Morgan fingerprint density at radius 1 is 1.27 bits per heavy atom. The van der Waals surface area contributed by atoms with Gasteiger partial charge >= 0.3 is 6.18 Å². The van der Waals surface area contributed by atoms with Gasteiger partial charge in [0.25, 0.3) is 0 Å². The maximum atomic E-state index is 12.9. The molecular formula is C14H14F4N2O2. The van der Waals surface area contributed by atoms with Crippen molar-refractivity contribution in [1.29, 1.82) is 0 Å². The van der Waals surface area contributed by atoms with Gasteiger partial charge in [-0.3, -0.25) is 4.68 Å². The van der Waals surface area contributed by atoms with Crippen molar-refractivity contribution < 1.29 is 27.4 Å². The van der Waals surface area contributed by atoms with E-state index in [1.54, 1.807) is 6.07 Å². The average Bonchev–Trinajstić information content (AvgIpc) is 2.82. The van der Waals surface area contributed by atoms with Crippen LogP contribution in [0.3, 0.4) is 0 Å². The first-order valence-electron chi connectivity index (χ1n) is 6.53. The Hall–Kier alpha value is -2.09. The van der Waals surface area contributed by atoms with Crippen LogP contribution in [-0.2, 0) is 19.1 Å². The summed E-state index contributed by atoms with van der Waals surface area (Å²) in [5, 5.41) is 12.3. The van der Waals surface area contributed by atoms with Crippen LogP contribution >= 0.6 is 0 Å². The molecular weight excluding hydrogens is 304 g/mol. The van der Waals surface area contributed by atoms with Crippen LogP contribution in [0.5, 0.6) is 5.75 Å². The number of aliphatic hydroxyl groups is 1. The number of benzene rings is 1. The Morgan fingerprint density at radius 3 is 2.68 bits per heavy atom. The van der Waals surface area contributed by atoms with Gasteiger partial charge in [0.15, 0.2) is 5.69 Å². The number of alkyl halides is 3. The Morgan fingerprint density at radius 2 is 2.05 bits per heavy atom. The summed E-state index contributed by atoms with van der Waals surface area (Å²) in [6, 6.07) is 5.46. The zero-order valence-corrected chi connectivity index (χ0v) is 11.5. The quantitative estimate of drug-likeness (QED) is 0.833. The second kappa shape index (κ2) is 6.78. The first-order valence-corrected chi connectivity index (χ1v) is 6.53. The minimum absolute atomic E-state index is 0.0427. The Balaban J connectivity index is 2.01. The van der Waals surface area contributed by atoms with Crippen LogP contribution in [0.25, 0.3) is 0 Å². The van der Waals surface area contributed by atoms with Crippen molar-refractivity contribution >= 4 is 0 Å². The molecule has 2 rings (SSSR count). The van der Waals surface area contributed by atoms with Gasteiger partial charge in [0, 0.05) is 24.4 Å². The van der Waals surface area contributed by atoms with E-state index in [2.05, 4.69) is 5.10 Å². The van der Waals surface area contributed by atoms with Crippen LogP contribution in [0.1, 0.15) is 11.3 Å². The topological polar surface area (TPSA) is 47.3 Å². The normalized spacial score (nSPS) is 11.7. The van der Waals surface area contributed by atoms with Crippen LogP contribution in [-0.4, -0.2) is 28.1 Å². The van der Waals surface area contributed by atoms with E-state index in [0.29, 0.717) is 5.75 Å². The zero-order valence-electron chi connectivity index (χ0n) is 11.5. The summed E-state index contributed by atoms with van der Waals surface area (Å²) in [7, 11) is 0. The lowest BCUT2D eigenvalue weighted by atomic mass is 10.2. The lowest BCUT2D eigenvalue weighted by molar-refractivity contribution is -0.142. The molecule has 1 aromatic carbocycles. The molecule has 22 heavy (non-hydrogen) atoms. The average molecular weight is 318 g/mol. The number of aliphatic hydroxyl groups excluding tert-OH is 1. The van der Waals surface area contributed by atoms with Crippen molar-refractivity contribution in [2.75, 3.05) is 13.2 Å². The molecule has 0 aliphatic rings. The highest BCUT2D eigenvalue weighted by atomic mass is 19.4. The van der Waals surface area contributed by atoms with E-state index in [0.717, 1.165) is 4.68 Å². The predicted octanol–water partition coefficient (Wildman–Crippen LogP) is 2.65. The molecule has 0 radical (unpaired) electrons. The van der Waals surface area contributed by atoms with Crippen LogP contribution in [0.2, 0.25) is 0 Å². The monoisotopic (exact) mass is 318 g/mol. The lowest BCUT2D eigenvalue weighted by Gasteiger charge is -2.06. The summed E-state index contributed by atoms with van der Waals surface area (Å²) in [5.74, 6) is -0.167. The summed E-state index contributed by atoms with van der Waals surface area (Å²) >= 11 is 0. The smallest absolute Gasteiger partial charge is 0.435 e. The van der Waals surface area contributed by atoms with Crippen molar-refractivity contribution in [3.05, 3.63) is 47.5 Å². The molecule has 0 spiro atoms. The molecule has 0 bridgehead atoms. The summed E-state index contributed by atoms with van der Waals surface area (Å²) in [4.78, 5) is 0. The fraction of sp³-hybridized carbons (Fsp3) is 0.357. The predicted molar refractivity (Wildman–Crippen MR) is 69.9 cm³/mol. The number of rotatable bonds is 6. The third-order valence-electron chi connectivity index (χ3n) is 2.87. The second-order valence-corrected chi connectivity index (χ2v) is 4.54. The molecule has 0 amide bonds. The Labute approximate surface area is 123 Å². The summed E-state index contributed by atoms with van der Waals surface area (Å²) in [5.41, 5.74) is -1.08. The standard InChI is InChI=1S/C14H14F4N2O2/c15-11-2-1-3-12(8-11)22-7-5-20-9-10(4-6-21)13(19-20)14(16,17)18/h1-3,8-9,21H,4-7H2. The third-order valence-corrected chi connectivity index (χ3v) is 2.87. The summed E-state index contributed by atoms with van der Waals surface area (Å²) in [6.45, 7) is -0.277. The molecule has 1 aromatic heterocycles. The van der Waals surface area contributed by atoms with Gasteiger partial charge in [0.05, 0.1) is 6.54 Å². The minimum atomic E-state index is -4.57. The van der Waals surface area contributed by atoms with Gasteiger partial charge in [-0.15, -0.1) is 0 Å². The highest BCUT2D eigenvalue weighted by molar-refractivity contribution is 5.22. The second-order valence-electron chi connectivity index (χ2n) is 4.54. The van der Waals surface area contributed by atoms with Gasteiger partial charge in [-0.2, -0.15) is 18.3 Å². The van der Waals surface area contributed by atoms with E-state index >= 15 is 0 Å². The van der Waals surface area contributed by atoms with E-state index in [1.807, 2.05) is 0 Å². The molecule has 4 nitrogen and oxygen atoms in total. The summed E-state index contributed by atoms with van der Waals surface area (Å²) in [6.07, 6.45) is -3.47. The molecule has 1 heterocycles. The first kappa shape index (κ1) is 16.3. The summed E-state index contributed by atoms with van der Waals surface area (Å²) < 4.78 is 57.7.